The van der Waals surface area contributed by atoms with Crippen molar-refractivity contribution in [3.63, 3.8) is 0 Å². The van der Waals surface area contributed by atoms with Gasteiger partial charge in [-0.3, -0.25) is 9.59 Å². The van der Waals surface area contributed by atoms with Gasteiger partial charge < -0.3 is 19.5 Å². The molecule has 0 radical (unpaired) electrons. The quantitative estimate of drug-likeness (QED) is 0.589. The molecule has 1 atom stereocenters. The van der Waals surface area contributed by atoms with E-state index in [2.05, 4.69) is 17.1 Å². The minimum Gasteiger partial charge on any atom is -0.379 e. The molecule has 2 aromatic rings. The number of rotatable bonds is 7. The lowest BCUT2D eigenvalue weighted by atomic mass is 10.0. The fraction of sp³-hybridized carbons (Fsp3) is 0.583. The molecule has 186 valence electrons. The van der Waals surface area contributed by atoms with Crippen molar-refractivity contribution in [2.45, 2.75) is 31.1 Å². The Balaban J connectivity index is 1.50. The molecule has 2 fully saturated rings. The van der Waals surface area contributed by atoms with Crippen LogP contribution in [0.4, 0.5) is 0 Å². The fourth-order valence-corrected chi connectivity index (χ4v) is 6.25. The number of carbonyl (C=O) groups is 1. The third kappa shape index (κ3) is 5.35. The van der Waals surface area contributed by atoms with Gasteiger partial charge in [0.25, 0.3) is 5.91 Å². The van der Waals surface area contributed by atoms with E-state index in [1.54, 1.807) is 17.7 Å². The van der Waals surface area contributed by atoms with Crippen molar-refractivity contribution in [3.8, 4) is 0 Å². The maximum Gasteiger partial charge on any atom is 0.256 e. The molecule has 9 nitrogen and oxygen atoms in total. The molecule has 1 amide bonds. The summed E-state index contributed by atoms with van der Waals surface area (Å²) in [5, 5.41) is 3.07. The van der Waals surface area contributed by atoms with Crippen molar-refractivity contribution < 1.29 is 17.9 Å². The van der Waals surface area contributed by atoms with E-state index in [0.29, 0.717) is 31.2 Å². The van der Waals surface area contributed by atoms with Crippen LogP contribution in [-0.4, -0.2) is 80.6 Å². The number of piperidine rings is 1. The molecule has 1 aromatic carbocycles. The molecule has 1 unspecified atom stereocenters. The van der Waals surface area contributed by atoms with Crippen molar-refractivity contribution in [1.82, 2.24) is 19.1 Å². The summed E-state index contributed by atoms with van der Waals surface area (Å²) in [4.78, 5) is 28.5. The Hall–Kier alpha value is -2.27. The molecule has 2 aliphatic heterocycles. The number of ether oxygens (including phenoxy) is 1. The zero-order valence-electron chi connectivity index (χ0n) is 20.0. The van der Waals surface area contributed by atoms with Crippen molar-refractivity contribution in [2.24, 2.45) is 13.0 Å². The zero-order chi connectivity index (χ0) is 24.3. The average Bonchev–Trinajstić information content (AvgIpc) is 2.84. The largest absolute Gasteiger partial charge is 0.379 e. The summed E-state index contributed by atoms with van der Waals surface area (Å²) in [5.74, 6) is 0.275. The van der Waals surface area contributed by atoms with Gasteiger partial charge in [-0.05, 0) is 56.5 Å². The van der Waals surface area contributed by atoms with Crippen LogP contribution in [0.25, 0.3) is 10.9 Å². The van der Waals surface area contributed by atoms with E-state index in [1.807, 2.05) is 0 Å². The second kappa shape index (κ2) is 10.6. The molecular weight excluding hydrogens is 456 g/mol. The first-order chi connectivity index (χ1) is 16.3. The smallest absolute Gasteiger partial charge is 0.256 e. The van der Waals surface area contributed by atoms with Gasteiger partial charge in [-0.1, -0.05) is 6.92 Å². The van der Waals surface area contributed by atoms with E-state index in [-0.39, 0.29) is 28.9 Å². The maximum absolute atomic E-state index is 13.2. The summed E-state index contributed by atoms with van der Waals surface area (Å²) < 4.78 is 34.4. The van der Waals surface area contributed by atoms with Crippen LogP contribution in [0, 0.1) is 5.92 Å². The van der Waals surface area contributed by atoms with E-state index in [4.69, 9.17) is 4.74 Å². The van der Waals surface area contributed by atoms with Crippen LogP contribution < -0.4 is 10.7 Å². The van der Waals surface area contributed by atoms with Crippen LogP contribution in [0.2, 0.25) is 0 Å². The molecular formula is C24H34N4O5S. The van der Waals surface area contributed by atoms with Gasteiger partial charge in [-0.15, -0.1) is 0 Å². The highest BCUT2D eigenvalue weighted by Crippen LogP contribution is 2.21. The fourth-order valence-electron chi connectivity index (χ4n) is 4.82. The van der Waals surface area contributed by atoms with Crippen LogP contribution in [0.3, 0.4) is 0 Å². The summed E-state index contributed by atoms with van der Waals surface area (Å²) >= 11 is 0. The number of carbonyl (C=O) groups excluding carboxylic acids is 1. The predicted molar refractivity (Wildman–Crippen MR) is 131 cm³/mol. The molecule has 0 aliphatic carbocycles. The van der Waals surface area contributed by atoms with Crippen LogP contribution in [0.15, 0.2) is 34.1 Å². The molecule has 0 bridgehead atoms. The number of nitrogens with one attached hydrogen (secondary N) is 1. The minimum atomic E-state index is -3.75. The number of hydrogen-bond donors (Lipinski definition) is 1. The van der Waals surface area contributed by atoms with Gasteiger partial charge in [0.2, 0.25) is 15.5 Å². The lowest BCUT2D eigenvalue weighted by Gasteiger charge is -2.30. The van der Waals surface area contributed by atoms with E-state index in [0.717, 1.165) is 26.1 Å². The summed E-state index contributed by atoms with van der Waals surface area (Å²) in [5.41, 5.74) is 0.124. The first-order valence-electron chi connectivity index (χ1n) is 12.0. The first-order valence-corrected chi connectivity index (χ1v) is 13.4. The van der Waals surface area contributed by atoms with Crippen LogP contribution in [0.5, 0.6) is 0 Å². The second-order valence-corrected chi connectivity index (χ2v) is 11.3. The molecule has 34 heavy (non-hydrogen) atoms. The predicted octanol–water partition coefficient (Wildman–Crippen LogP) is 1.41. The number of pyridine rings is 1. The van der Waals surface area contributed by atoms with Gasteiger partial charge in [-0.2, -0.15) is 4.31 Å². The Bertz CT molecular complexity index is 1200. The summed E-state index contributed by atoms with van der Waals surface area (Å²) in [6, 6.07) is 4.51. The molecule has 1 N–H and O–H groups in total. The average molecular weight is 491 g/mol. The van der Waals surface area contributed by atoms with E-state index < -0.39 is 21.4 Å². The molecule has 3 heterocycles. The molecule has 2 aliphatic rings. The van der Waals surface area contributed by atoms with Gasteiger partial charge in [-0.25, -0.2) is 8.42 Å². The van der Waals surface area contributed by atoms with E-state index in [9.17, 15) is 18.0 Å². The van der Waals surface area contributed by atoms with Crippen LogP contribution in [-0.2, 0) is 21.8 Å². The highest BCUT2D eigenvalue weighted by atomic mass is 32.2. The lowest BCUT2D eigenvalue weighted by molar-refractivity contribution is 0.0730. The Morgan fingerprint density at radius 1 is 1.21 bits per heavy atom. The second-order valence-electron chi connectivity index (χ2n) is 9.34. The van der Waals surface area contributed by atoms with Crippen LogP contribution in [0.1, 0.15) is 36.5 Å². The number of likely N-dealkylation sites (tertiary alicyclic amines) is 1. The van der Waals surface area contributed by atoms with Gasteiger partial charge in [0.15, 0.2) is 0 Å². The highest BCUT2D eigenvalue weighted by molar-refractivity contribution is 7.89. The number of benzene rings is 1. The van der Waals surface area contributed by atoms with Crippen molar-refractivity contribution >= 4 is 26.8 Å². The summed E-state index contributed by atoms with van der Waals surface area (Å²) in [6.07, 6.45) is 4.81. The maximum atomic E-state index is 13.2. The Morgan fingerprint density at radius 3 is 2.71 bits per heavy atom. The van der Waals surface area contributed by atoms with Gasteiger partial charge in [0.1, 0.15) is 5.56 Å². The van der Waals surface area contributed by atoms with Crippen molar-refractivity contribution in [1.29, 1.82) is 0 Å². The monoisotopic (exact) mass is 490 g/mol. The first kappa shape index (κ1) is 24.8. The Labute approximate surface area is 200 Å². The lowest BCUT2D eigenvalue weighted by Crippen LogP contribution is -2.40. The van der Waals surface area contributed by atoms with Crippen molar-refractivity contribution in [2.75, 3.05) is 52.5 Å². The highest BCUT2D eigenvalue weighted by Gasteiger charge is 2.27. The van der Waals surface area contributed by atoms with Gasteiger partial charge in [0, 0.05) is 44.8 Å². The number of morpholine rings is 1. The van der Waals surface area contributed by atoms with E-state index in [1.165, 1.54) is 35.5 Å². The molecule has 1 aromatic heterocycles. The van der Waals surface area contributed by atoms with Gasteiger partial charge >= 0.3 is 0 Å². The molecule has 0 spiro atoms. The topological polar surface area (TPSA) is 101 Å². The molecule has 0 saturated carbocycles. The Morgan fingerprint density at radius 2 is 1.97 bits per heavy atom. The number of aromatic nitrogens is 1. The Kier molecular flexibility index (Phi) is 7.71. The minimum absolute atomic E-state index is 0.0162. The SMILES string of the molecule is CC1CCCN(CCCNC(=O)c2cn(C)c3ccc(S(=O)(=O)N4CCOCC4)cc3c2=O)C1. The molecule has 10 heteroatoms. The van der Waals surface area contributed by atoms with Gasteiger partial charge in [0.05, 0.1) is 23.6 Å². The van der Waals surface area contributed by atoms with Crippen molar-refractivity contribution in [3.05, 3.63) is 40.2 Å². The number of amides is 1. The zero-order valence-corrected chi connectivity index (χ0v) is 20.8. The number of sulfonamides is 1. The third-order valence-electron chi connectivity index (χ3n) is 6.69. The number of hydrogen-bond acceptors (Lipinski definition) is 6. The summed E-state index contributed by atoms with van der Waals surface area (Å²) in [6.45, 7) is 7.09. The third-order valence-corrected chi connectivity index (χ3v) is 8.58. The number of aryl methyl sites for hydroxylation is 1. The number of nitrogens with zero attached hydrogens (tertiary/aromatic N) is 3. The molecule has 4 rings (SSSR count). The van der Waals surface area contributed by atoms with E-state index >= 15 is 0 Å². The normalized spacial score (nSPS) is 20.5. The van der Waals surface area contributed by atoms with Crippen LogP contribution >= 0.6 is 0 Å². The molecule has 2 saturated heterocycles. The summed E-state index contributed by atoms with van der Waals surface area (Å²) in [7, 11) is -2.01. The standard InChI is InChI=1S/C24H34N4O5S/c1-18-5-3-9-27(16-18)10-4-8-25-24(30)21-17-26(2)22-7-6-19(15-20(22)23(21)29)34(31,32)28-11-13-33-14-12-28/h6-7,15,17-18H,3-5,8-14,16H2,1-2H3,(H,25,30). The number of fused-ring (bicyclic) bond motifs is 1.